The van der Waals surface area contributed by atoms with Crippen LogP contribution in [0.1, 0.15) is 21.5 Å². The van der Waals surface area contributed by atoms with Gasteiger partial charge < -0.3 is 10.1 Å². The van der Waals surface area contributed by atoms with Gasteiger partial charge in [-0.3, -0.25) is 14.9 Å². The Morgan fingerprint density at radius 1 is 1.22 bits per heavy atom. The number of fused-ring (bicyclic) bond motifs is 1. The number of ether oxygens (including phenoxy) is 1. The summed E-state index contributed by atoms with van der Waals surface area (Å²) in [5.74, 6) is -0.00129. The number of amides is 2. The van der Waals surface area contributed by atoms with E-state index in [1.54, 1.807) is 18.2 Å². The number of aryl methyl sites for hydroxylation is 2. The van der Waals surface area contributed by atoms with Crippen molar-refractivity contribution in [3.63, 3.8) is 0 Å². The van der Waals surface area contributed by atoms with E-state index in [1.165, 1.54) is 16.9 Å². The largest absolute Gasteiger partial charge is 0.482 e. The molecule has 2 aromatic carbocycles. The highest BCUT2D eigenvalue weighted by atomic mass is 32.1. The number of carbonyl (C=O) groups is 2. The summed E-state index contributed by atoms with van der Waals surface area (Å²) in [5, 5.41) is 7.98. The van der Waals surface area contributed by atoms with Crippen LogP contribution < -0.4 is 15.4 Å². The Morgan fingerprint density at radius 3 is 2.89 bits per heavy atom. The zero-order chi connectivity index (χ0) is 19.0. The molecule has 0 unspecified atom stereocenters. The summed E-state index contributed by atoms with van der Waals surface area (Å²) in [7, 11) is 0. The molecule has 0 bridgehead atoms. The van der Waals surface area contributed by atoms with Crippen LogP contribution in [0, 0.1) is 13.8 Å². The monoisotopic (exact) mass is 379 g/mol. The van der Waals surface area contributed by atoms with Crippen LogP contribution in [0.5, 0.6) is 5.75 Å². The van der Waals surface area contributed by atoms with Gasteiger partial charge in [0.05, 0.1) is 11.4 Å². The fraction of sp³-hybridized carbons (Fsp3) is 0.150. The van der Waals surface area contributed by atoms with Crippen molar-refractivity contribution in [1.82, 2.24) is 4.98 Å². The summed E-state index contributed by atoms with van der Waals surface area (Å²) in [6, 6.07) is 11.1. The molecule has 4 rings (SSSR count). The Labute approximate surface area is 160 Å². The fourth-order valence-electron chi connectivity index (χ4n) is 2.94. The van der Waals surface area contributed by atoms with E-state index in [2.05, 4.69) is 28.6 Å². The highest BCUT2D eigenvalue weighted by Gasteiger charge is 2.18. The molecule has 0 aliphatic carbocycles. The van der Waals surface area contributed by atoms with Gasteiger partial charge >= 0.3 is 0 Å². The molecule has 2 amide bonds. The van der Waals surface area contributed by atoms with E-state index in [0.717, 1.165) is 16.8 Å². The van der Waals surface area contributed by atoms with Crippen LogP contribution in [-0.4, -0.2) is 23.4 Å². The molecule has 0 fully saturated rings. The number of hydrogen-bond donors (Lipinski definition) is 2. The molecule has 0 radical (unpaired) electrons. The predicted octanol–water partition coefficient (Wildman–Crippen LogP) is 4.01. The molecule has 2 heterocycles. The Morgan fingerprint density at radius 2 is 2.07 bits per heavy atom. The zero-order valence-corrected chi connectivity index (χ0v) is 15.6. The molecule has 2 N–H and O–H groups in total. The molecule has 0 saturated carbocycles. The summed E-state index contributed by atoms with van der Waals surface area (Å²) in [6.45, 7) is 4.05. The van der Waals surface area contributed by atoms with E-state index in [-0.39, 0.29) is 18.4 Å². The molecule has 136 valence electrons. The normalized spacial score (nSPS) is 12.7. The van der Waals surface area contributed by atoms with Crippen molar-refractivity contribution in [3.8, 4) is 17.0 Å². The lowest BCUT2D eigenvalue weighted by atomic mass is 10.0. The van der Waals surface area contributed by atoms with Gasteiger partial charge in [-0.05, 0) is 37.6 Å². The Bertz CT molecular complexity index is 1060. The Hall–Kier alpha value is -3.19. The molecule has 27 heavy (non-hydrogen) atoms. The first-order valence-electron chi connectivity index (χ1n) is 8.41. The smallest absolute Gasteiger partial charge is 0.262 e. The summed E-state index contributed by atoms with van der Waals surface area (Å²) in [4.78, 5) is 28.4. The number of benzene rings is 2. The maximum atomic E-state index is 12.5. The molecule has 0 saturated heterocycles. The van der Waals surface area contributed by atoms with Gasteiger partial charge in [-0.2, -0.15) is 0 Å². The zero-order valence-electron chi connectivity index (χ0n) is 14.8. The van der Waals surface area contributed by atoms with E-state index >= 15 is 0 Å². The Kier molecular flexibility index (Phi) is 4.37. The number of nitrogens with one attached hydrogen (secondary N) is 2. The fourth-order valence-corrected chi connectivity index (χ4v) is 3.65. The highest BCUT2D eigenvalue weighted by molar-refractivity contribution is 7.14. The number of anilines is 2. The van der Waals surface area contributed by atoms with Gasteiger partial charge in [0.25, 0.3) is 11.8 Å². The summed E-state index contributed by atoms with van der Waals surface area (Å²) >= 11 is 1.38. The van der Waals surface area contributed by atoms with Gasteiger partial charge in [-0.1, -0.05) is 23.8 Å². The van der Waals surface area contributed by atoms with Crippen molar-refractivity contribution >= 4 is 34.0 Å². The van der Waals surface area contributed by atoms with E-state index in [1.807, 2.05) is 24.4 Å². The van der Waals surface area contributed by atoms with Crippen LogP contribution in [-0.2, 0) is 4.79 Å². The number of hydrogen-bond acceptors (Lipinski definition) is 5. The molecular weight excluding hydrogens is 362 g/mol. The first-order chi connectivity index (χ1) is 13.0. The molecule has 6 nitrogen and oxygen atoms in total. The predicted molar refractivity (Wildman–Crippen MR) is 106 cm³/mol. The third-order valence-electron chi connectivity index (χ3n) is 4.26. The molecule has 1 aromatic heterocycles. The first-order valence-corrected chi connectivity index (χ1v) is 9.29. The first kappa shape index (κ1) is 17.2. The van der Waals surface area contributed by atoms with Gasteiger partial charge in [0.2, 0.25) is 0 Å². The van der Waals surface area contributed by atoms with Gasteiger partial charge in [-0.15, -0.1) is 11.3 Å². The van der Waals surface area contributed by atoms with Crippen molar-refractivity contribution in [3.05, 3.63) is 58.5 Å². The van der Waals surface area contributed by atoms with Crippen molar-refractivity contribution in [2.75, 3.05) is 17.2 Å². The van der Waals surface area contributed by atoms with Crippen LogP contribution in [0.4, 0.5) is 10.8 Å². The third-order valence-corrected chi connectivity index (χ3v) is 5.02. The topological polar surface area (TPSA) is 80.3 Å². The highest BCUT2D eigenvalue weighted by Crippen LogP contribution is 2.30. The maximum absolute atomic E-state index is 12.5. The molecule has 7 heteroatoms. The van der Waals surface area contributed by atoms with E-state index < -0.39 is 0 Å². The number of thiazole rings is 1. The summed E-state index contributed by atoms with van der Waals surface area (Å²) in [6.07, 6.45) is 0. The number of aromatic nitrogens is 1. The lowest BCUT2D eigenvalue weighted by molar-refractivity contribution is -0.118. The summed E-state index contributed by atoms with van der Waals surface area (Å²) in [5.41, 5.74) is 5.24. The van der Waals surface area contributed by atoms with E-state index in [4.69, 9.17) is 4.74 Å². The van der Waals surface area contributed by atoms with Crippen molar-refractivity contribution in [2.24, 2.45) is 0 Å². The van der Waals surface area contributed by atoms with Gasteiger partial charge in [0, 0.05) is 16.5 Å². The lowest BCUT2D eigenvalue weighted by Crippen LogP contribution is -2.25. The lowest BCUT2D eigenvalue weighted by Gasteiger charge is -2.18. The number of carbonyl (C=O) groups excluding carboxylic acids is 2. The molecule has 0 spiro atoms. The van der Waals surface area contributed by atoms with Gasteiger partial charge in [0.1, 0.15) is 5.75 Å². The number of nitrogens with zero attached hydrogens (tertiary/aromatic N) is 1. The standard InChI is InChI=1S/C20H17N3O3S/c1-11-3-5-14(12(2)7-11)16-10-27-20(22-16)23-19(25)13-4-6-15-17(8-13)26-9-18(24)21-15/h3-8,10H,9H2,1-2H3,(H,21,24)(H,22,23,25). The second-order valence-corrected chi connectivity index (χ2v) is 7.22. The minimum absolute atomic E-state index is 0.0518. The van der Waals surface area contributed by atoms with Gasteiger partial charge in [-0.25, -0.2) is 4.98 Å². The SMILES string of the molecule is Cc1ccc(-c2csc(NC(=O)c3ccc4c(c3)OCC(=O)N4)n2)c(C)c1. The van der Waals surface area contributed by atoms with E-state index in [0.29, 0.717) is 22.1 Å². The Balaban J connectivity index is 1.52. The van der Waals surface area contributed by atoms with Gasteiger partial charge in [0.15, 0.2) is 11.7 Å². The van der Waals surface area contributed by atoms with Crippen LogP contribution in [0.15, 0.2) is 41.8 Å². The van der Waals surface area contributed by atoms with Crippen molar-refractivity contribution in [1.29, 1.82) is 0 Å². The average molecular weight is 379 g/mol. The van der Waals surface area contributed by atoms with Crippen molar-refractivity contribution < 1.29 is 14.3 Å². The molecule has 1 aliphatic rings. The van der Waals surface area contributed by atoms with Crippen molar-refractivity contribution in [2.45, 2.75) is 13.8 Å². The molecule has 0 atom stereocenters. The minimum atomic E-state index is -0.278. The van der Waals surface area contributed by atoms with Crippen LogP contribution in [0.3, 0.4) is 0 Å². The third kappa shape index (κ3) is 3.54. The average Bonchev–Trinajstić information content (AvgIpc) is 3.09. The molecule has 1 aliphatic heterocycles. The van der Waals surface area contributed by atoms with E-state index in [9.17, 15) is 9.59 Å². The maximum Gasteiger partial charge on any atom is 0.262 e. The quantitative estimate of drug-likeness (QED) is 0.721. The van der Waals surface area contributed by atoms with Crippen LogP contribution in [0.2, 0.25) is 0 Å². The second kappa shape index (κ2) is 6.85. The summed E-state index contributed by atoms with van der Waals surface area (Å²) < 4.78 is 5.36. The van der Waals surface area contributed by atoms with Crippen LogP contribution in [0.25, 0.3) is 11.3 Å². The molecular formula is C20H17N3O3S. The second-order valence-electron chi connectivity index (χ2n) is 6.36. The van der Waals surface area contributed by atoms with Crippen LogP contribution >= 0.6 is 11.3 Å². The number of rotatable bonds is 3. The minimum Gasteiger partial charge on any atom is -0.482 e. The molecule has 3 aromatic rings.